The first kappa shape index (κ1) is 18.3. The normalized spacial score (nSPS) is 20.9. The van der Waals surface area contributed by atoms with Gasteiger partial charge in [-0.05, 0) is 47.5 Å². The summed E-state index contributed by atoms with van der Waals surface area (Å²) in [4.78, 5) is 24.5. The topological polar surface area (TPSA) is 85.2 Å². The molecule has 1 heterocycles. The van der Waals surface area contributed by atoms with Crippen molar-refractivity contribution < 1.29 is 14.3 Å². The van der Waals surface area contributed by atoms with E-state index in [0.29, 0.717) is 5.69 Å². The maximum Gasteiger partial charge on any atom is 0.319 e. The Bertz CT molecular complexity index is 589. The zero-order valence-electron chi connectivity index (χ0n) is 15.1. The van der Waals surface area contributed by atoms with Crippen molar-refractivity contribution in [2.24, 2.45) is 5.92 Å². The van der Waals surface area contributed by atoms with Crippen molar-refractivity contribution in [2.45, 2.75) is 71.6 Å². The minimum Gasteiger partial charge on any atom is -0.460 e. The van der Waals surface area contributed by atoms with Gasteiger partial charge in [-0.3, -0.25) is 9.48 Å². The van der Waals surface area contributed by atoms with E-state index in [9.17, 15) is 9.59 Å². The lowest BCUT2D eigenvalue weighted by Gasteiger charge is -2.25. The van der Waals surface area contributed by atoms with Gasteiger partial charge in [-0.2, -0.15) is 5.10 Å². The average molecular weight is 336 g/mol. The van der Waals surface area contributed by atoms with E-state index in [2.05, 4.69) is 15.7 Å². The number of ether oxygens (including phenoxy) is 1. The number of hydrogen-bond donors (Lipinski definition) is 2. The molecule has 0 saturated heterocycles. The Balaban J connectivity index is 1.91. The molecule has 1 aromatic rings. The van der Waals surface area contributed by atoms with Crippen LogP contribution >= 0.6 is 0 Å². The Morgan fingerprint density at radius 2 is 2.04 bits per heavy atom. The van der Waals surface area contributed by atoms with E-state index in [4.69, 9.17) is 4.74 Å². The van der Waals surface area contributed by atoms with Crippen LogP contribution in [0.4, 0.5) is 10.5 Å². The fraction of sp³-hybridized carbons (Fsp3) is 0.706. The Hall–Kier alpha value is -2.05. The molecule has 1 aliphatic carbocycles. The van der Waals surface area contributed by atoms with Crippen molar-refractivity contribution in [2.75, 3.05) is 5.32 Å². The molecule has 134 valence electrons. The van der Waals surface area contributed by atoms with Crippen molar-refractivity contribution in [3.05, 3.63) is 12.4 Å². The van der Waals surface area contributed by atoms with Crippen molar-refractivity contribution in [3.63, 3.8) is 0 Å². The Morgan fingerprint density at radius 1 is 1.33 bits per heavy atom. The molecule has 7 heteroatoms. The predicted molar refractivity (Wildman–Crippen MR) is 91.7 cm³/mol. The number of carbonyl (C=O) groups is 2. The first-order valence-corrected chi connectivity index (χ1v) is 8.50. The molecule has 0 aromatic carbocycles. The highest BCUT2D eigenvalue weighted by Crippen LogP contribution is 2.28. The molecular weight excluding hydrogens is 308 g/mol. The predicted octanol–water partition coefficient (Wildman–Crippen LogP) is 3.10. The van der Waals surface area contributed by atoms with E-state index in [-0.39, 0.29) is 30.0 Å². The van der Waals surface area contributed by atoms with Crippen molar-refractivity contribution >= 4 is 17.7 Å². The second-order valence-corrected chi connectivity index (χ2v) is 7.58. The summed E-state index contributed by atoms with van der Waals surface area (Å²) in [6.45, 7) is 9.58. The van der Waals surface area contributed by atoms with Crippen molar-refractivity contribution in [1.82, 2.24) is 15.1 Å². The second kappa shape index (κ2) is 7.23. The number of hydrogen-bond acceptors (Lipinski definition) is 4. The molecule has 7 nitrogen and oxygen atoms in total. The first-order chi connectivity index (χ1) is 11.2. The fourth-order valence-corrected chi connectivity index (χ4v) is 2.81. The number of amides is 2. The molecule has 2 atom stereocenters. The number of esters is 1. The van der Waals surface area contributed by atoms with Crippen molar-refractivity contribution in [3.8, 4) is 0 Å². The van der Waals surface area contributed by atoms with Gasteiger partial charge in [0.1, 0.15) is 5.60 Å². The van der Waals surface area contributed by atoms with Crippen LogP contribution in [0.2, 0.25) is 0 Å². The van der Waals surface area contributed by atoms with Gasteiger partial charge in [0.2, 0.25) is 0 Å². The van der Waals surface area contributed by atoms with E-state index in [0.717, 1.165) is 19.3 Å². The molecule has 2 rings (SSSR count). The highest BCUT2D eigenvalue weighted by atomic mass is 16.6. The van der Waals surface area contributed by atoms with Crippen LogP contribution in [0.1, 0.15) is 59.9 Å². The van der Waals surface area contributed by atoms with Gasteiger partial charge in [0.05, 0.1) is 17.8 Å². The highest BCUT2D eigenvalue weighted by Gasteiger charge is 2.36. The summed E-state index contributed by atoms with van der Waals surface area (Å²) in [5.41, 5.74) is 0.116. The summed E-state index contributed by atoms with van der Waals surface area (Å²) in [7, 11) is 0. The van der Waals surface area contributed by atoms with Gasteiger partial charge in [-0.1, -0.05) is 6.42 Å². The number of nitrogens with zero attached hydrogens (tertiary/aromatic N) is 2. The van der Waals surface area contributed by atoms with Gasteiger partial charge >= 0.3 is 12.0 Å². The fourth-order valence-electron chi connectivity index (χ4n) is 2.81. The lowest BCUT2D eigenvalue weighted by atomic mass is 10.0. The summed E-state index contributed by atoms with van der Waals surface area (Å²) in [6, 6.07) is -0.284. The van der Waals surface area contributed by atoms with Crippen LogP contribution in [0.15, 0.2) is 12.4 Å². The van der Waals surface area contributed by atoms with E-state index >= 15 is 0 Å². The molecule has 0 radical (unpaired) electrons. The highest BCUT2D eigenvalue weighted by molar-refractivity contribution is 5.89. The Morgan fingerprint density at radius 3 is 2.62 bits per heavy atom. The quantitative estimate of drug-likeness (QED) is 0.827. The third-order valence-corrected chi connectivity index (χ3v) is 3.93. The van der Waals surface area contributed by atoms with E-state index in [1.54, 1.807) is 17.1 Å². The van der Waals surface area contributed by atoms with Crippen LogP contribution in [0.5, 0.6) is 0 Å². The lowest BCUT2D eigenvalue weighted by molar-refractivity contribution is -0.160. The molecule has 1 fully saturated rings. The van der Waals surface area contributed by atoms with Gasteiger partial charge in [0, 0.05) is 18.3 Å². The third kappa shape index (κ3) is 4.97. The molecule has 24 heavy (non-hydrogen) atoms. The Kier molecular flexibility index (Phi) is 5.51. The maximum absolute atomic E-state index is 12.3. The van der Waals surface area contributed by atoms with Crippen molar-refractivity contribution in [1.29, 1.82) is 0 Å². The van der Waals surface area contributed by atoms with Crippen LogP contribution in [-0.2, 0) is 9.53 Å². The van der Waals surface area contributed by atoms with E-state index in [1.807, 2.05) is 34.6 Å². The van der Waals surface area contributed by atoms with Gasteiger partial charge in [-0.25, -0.2) is 4.79 Å². The largest absolute Gasteiger partial charge is 0.460 e. The molecule has 1 aliphatic rings. The molecule has 2 unspecified atom stereocenters. The first-order valence-electron chi connectivity index (χ1n) is 8.50. The zero-order valence-corrected chi connectivity index (χ0v) is 15.1. The molecule has 0 spiro atoms. The molecule has 0 aliphatic heterocycles. The molecule has 2 N–H and O–H groups in total. The SMILES string of the molecule is CC(C)n1cc(NC(=O)NC2CCCC2C(=O)OC(C)(C)C)cn1. The summed E-state index contributed by atoms with van der Waals surface area (Å²) < 4.78 is 7.23. The number of carbonyl (C=O) groups excluding carboxylic acids is 2. The van der Waals surface area contributed by atoms with Crippen LogP contribution in [0, 0.1) is 5.92 Å². The second-order valence-electron chi connectivity index (χ2n) is 7.58. The third-order valence-electron chi connectivity index (χ3n) is 3.93. The zero-order chi connectivity index (χ0) is 17.9. The summed E-state index contributed by atoms with van der Waals surface area (Å²) in [5.74, 6) is -0.522. The number of anilines is 1. The molecule has 0 bridgehead atoms. The van der Waals surface area contributed by atoms with Crippen LogP contribution < -0.4 is 10.6 Å². The van der Waals surface area contributed by atoms with Crippen LogP contribution in [0.3, 0.4) is 0 Å². The molecule has 1 aromatic heterocycles. The summed E-state index contributed by atoms with van der Waals surface area (Å²) in [5, 5.41) is 9.85. The maximum atomic E-state index is 12.3. The average Bonchev–Trinajstić information content (AvgIpc) is 3.05. The van der Waals surface area contributed by atoms with Crippen LogP contribution in [0.25, 0.3) is 0 Å². The minimum absolute atomic E-state index is 0.194. The van der Waals surface area contributed by atoms with Gasteiger partial charge < -0.3 is 15.4 Å². The molecule has 1 saturated carbocycles. The standard InChI is InChI=1S/C17H28N4O3/c1-11(2)21-10-12(9-18-21)19-16(23)20-14-8-6-7-13(14)15(22)24-17(3,4)5/h9-11,13-14H,6-8H2,1-5H3,(H2,19,20,23). The minimum atomic E-state index is -0.516. The van der Waals surface area contributed by atoms with Gasteiger partial charge in [0.15, 0.2) is 0 Å². The smallest absolute Gasteiger partial charge is 0.319 e. The van der Waals surface area contributed by atoms with E-state index in [1.165, 1.54) is 0 Å². The van der Waals surface area contributed by atoms with Crippen LogP contribution in [-0.4, -0.2) is 33.4 Å². The summed E-state index contributed by atoms with van der Waals surface area (Å²) >= 11 is 0. The monoisotopic (exact) mass is 336 g/mol. The number of nitrogens with one attached hydrogen (secondary N) is 2. The molecule has 2 amide bonds. The molecular formula is C17H28N4O3. The summed E-state index contributed by atoms with van der Waals surface area (Å²) in [6.07, 6.45) is 5.82. The lowest BCUT2D eigenvalue weighted by Crippen LogP contribution is -2.43. The number of rotatable bonds is 4. The number of aromatic nitrogens is 2. The Labute approximate surface area is 143 Å². The van der Waals surface area contributed by atoms with E-state index < -0.39 is 5.60 Å². The van der Waals surface area contributed by atoms with Gasteiger partial charge in [-0.15, -0.1) is 0 Å². The number of urea groups is 1. The van der Waals surface area contributed by atoms with Gasteiger partial charge in [0.25, 0.3) is 0 Å².